The molecule has 0 amide bonds. The van der Waals surface area contributed by atoms with E-state index in [1.54, 1.807) is 0 Å². The quantitative estimate of drug-likeness (QED) is 0.649. The number of guanidine groups is 1. The zero-order valence-corrected chi connectivity index (χ0v) is 13.6. The van der Waals surface area contributed by atoms with E-state index in [1.165, 1.54) is 43.6 Å². The molecule has 4 nitrogen and oxygen atoms in total. The number of nitrogens with one attached hydrogen (secondary N) is 1. The summed E-state index contributed by atoms with van der Waals surface area (Å²) in [5, 5.41) is 5.43. The van der Waals surface area contributed by atoms with E-state index < -0.39 is 0 Å². The van der Waals surface area contributed by atoms with E-state index in [4.69, 9.17) is 5.73 Å². The average Bonchev–Trinajstić information content (AvgIpc) is 3.12. The number of hydrogen-bond donors (Lipinski definition) is 2. The number of rotatable bonds is 5. The Morgan fingerprint density at radius 2 is 2.19 bits per heavy atom. The van der Waals surface area contributed by atoms with Gasteiger partial charge in [0.1, 0.15) is 0 Å². The first kappa shape index (κ1) is 14.9. The van der Waals surface area contributed by atoms with Crippen molar-refractivity contribution in [2.75, 3.05) is 19.6 Å². The third kappa shape index (κ3) is 4.20. The van der Waals surface area contributed by atoms with E-state index in [0.29, 0.717) is 18.0 Å². The van der Waals surface area contributed by atoms with Crippen LogP contribution in [0.5, 0.6) is 0 Å². The Hall–Kier alpha value is -1.07. The van der Waals surface area contributed by atoms with Crippen molar-refractivity contribution >= 4 is 17.3 Å². The SMILES string of the molecule is CC1CCN(C(CN=C(N)NC2CC2)c2cccs2)CC1. The third-order valence-corrected chi connectivity index (χ3v) is 5.47. The monoisotopic (exact) mass is 306 g/mol. The molecule has 1 aliphatic carbocycles. The molecule has 21 heavy (non-hydrogen) atoms. The first-order chi connectivity index (χ1) is 10.2. The third-order valence-electron chi connectivity index (χ3n) is 4.49. The van der Waals surface area contributed by atoms with Crippen molar-refractivity contribution in [3.63, 3.8) is 0 Å². The van der Waals surface area contributed by atoms with Gasteiger partial charge in [0, 0.05) is 10.9 Å². The fourth-order valence-corrected chi connectivity index (χ4v) is 3.73. The van der Waals surface area contributed by atoms with Gasteiger partial charge in [-0.3, -0.25) is 9.89 Å². The minimum atomic E-state index is 0.386. The maximum Gasteiger partial charge on any atom is 0.188 e. The van der Waals surface area contributed by atoms with E-state index in [0.717, 1.165) is 12.5 Å². The van der Waals surface area contributed by atoms with Crippen LogP contribution in [-0.2, 0) is 0 Å². The van der Waals surface area contributed by atoms with Crippen molar-refractivity contribution in [3.05, 3.63) is 22.4 Å². The van der Waals surface area contributed by atoms with E-state index in [-0.39, 0.29) is 0 Å². The Morgan fingerprint density at radius 1 is 1.43 bits per heavy atom. The Morgan fingerprint density at radius 3 is 2.81 bits per heavy atom. The number of hydrogen-bond acceptors (Lipinski definition) is 3. The van der Waals surface area contributed by atoms with Gasteiger partial charge in [-0.1, -0.05) is 13.0 Å². The summed E-state index contributed by atoms with van der Waals surface area (Å²) in [7, 11) is 0. The highest BCUT2D eigenvalue weighted by Crippen LogP contribution is 2.29. The molecule has 0 bridgehead atoms. The highest BCUT2D eigenvalue weighted by atomic mass is 32.1. The molecule has 2 fully saturated rings. The molecule has 1 aromatic heterocycles. The maximum absolute atomic E-state index is 5.99. The predicted octanol–water partition coefficient (Wildman–Crippen LogP) is 2.59. The van der Waals surface area contributed by atoms with Crippen molar-refractivity contribution in [2.45, 2.75) is 44.7 Å². The Kier molecular flexibility index (Phi) is 4.80. The number of thiophene rings is 1. The molecule has 1 aliphatic heterocycles. The fraction of sp³-hybridized carbons (Fsp3) is 0.688. The molecule has 1 saturated carbocycles. The summed E-state index contributed by atoms with van der Waals surface area (Å²) < 4.78 is 0. The van der Waals surface area contributed by atoms with Crippen molar-refractivity contribution in [1.29, 1.82) is 0 Å². The highest BCUT2D eigenvalue weighted by Gasteiger charge is 2.26. The molecule has 0 aromatic carbocycles. The van der Waals surface area contributed by atoms with Crippen LogP contribution in [-0.4, -0.2) is 36.5 Å². The molecule has 5 heteroatoms. The van der Waals surface area contributed by atoms with Gasteiger partial charge in [-0.2, -0.15) is 0 Å². The van der Waals surface area contributed by atoms with Gasteiger partial charge in [0.25, 0.3) is 0 Å². The van der Waals surface area contributed by atoms with Gasteiger partial charge in [-0.05, 0) is 56.1 Å². The second-order valence-corrected chi connectivity index (χ2v) is 7.37. The molecule has 2 aliphatic rings. The standard InChI is InChI=1S/C16H26N4S/c1-12-6-8-20(9-7-12)14(15-3-2-10-21-15)11-18-16(17)19-13-4-5-13/h2-3,10,12-14H,4-9,11H2,1H3,(H3,17,18,19). The lowest BCUT2D eigenvalue weighted by molar-refractivity contribution is 0.143. The maximum atomic E-state index is 5.99. The number of piperidine rings is 1. The molecule has 1 atom stereocenters. The first-order valence-corrected chi connectivity index (χ1v) is 8.94. The van der Waals surface area contributed by atoms with E-state index in [2.05, 4.69) is 39.6 Å². The van der Waals surface area contributed by atoms with Gasteiger partial charge in [-0.15, -0.1) is 11.3 Å². The summed E-state index contributed by atoms with van der Waals surface area (Å²) in [6.45, 7) is 5.47. The molecule has 0 spiro atoms. The second-order valence-electron chi connectivity index (χ2n) is 6.39. The molecular formula is C16H26N4S. The van der Waals surface area contributed by atoms with Gasteiger partial charge < -0.3 is 11.1 Å². The lowest BCUT2D eigenvalue weighted by atomic mass is 9.97. The van der Waals surface area contributed by atoms with Crippen LogP contribution in [0.3, 0.4) is 0 Å². The van der Waals surface area contributed by atoms with Crippen molar-refractivity contribution in [1.82, 2.24) is 10.2 Å². The number of aliphatic imine (C=N–C) groups is 1. The highest BCUT2D eigenvalue weighted by molar-refractivity contribution is 7.10. The van der Waals surface area contributed by atoms with Crippen LogP contribution < -0.4 is 11.1 Å². The lowest BCUT2D eigenvalue weighted by Gasteiger charge is -2.35. The summed E-state index contributed by atoms with van der Waals surface area (Å²) in [5.74, 6) is 1.47. The molecular weight excluding hydrogens is 280 g/mol. The normalized spacial score (nSPS) is 23.2. The predicted molar refractivity (Wildman–Crippen MR) is 89.7 cm³/mol. The molecule has 116 valence electrons. The van der Waals surface area contributed by atoms with Crippen LogP contribution in [0.4, 0.5) is 0 Å². The van der Waals surface area contributed by atoms with Gasteiger partial charge in [0.2, 0.25) is 0 Å². The van der Waals surface area contributed by atoms with Crippen LogP contribution in [0.15, 0.2) is 22.5 Å². The van der Waals surface area contributed by atoms with Crippen molar-refractivity contribution < 1.29 is 0 Å². The number of nitrogens with zero attached hydrogens (tertiary/aromatic N) is 2. The zero-order valence-electron chi connectivity index (χ0n) is 12.8. The molecule has 2 heterocycles. The second kappa shape index (κ2) is 6.79. The minimum absolute atomic E-state index is 0.386. The Bertz CT molecular complexity index is 459. The number of nitrogens with two attached hydrogens (primary N) is 1. The fourth-order valence-electron chi connectivity index (χ4n) is 2.87. The number of likely N-dealkylation sites (tertiary alicyclic amines) is 1. The largest absolute Gasteiger partial charge is 0.370 e. The van der Waals surface area contributed by atoms with Crippen molar-refractivity contribution in [2.24, 2.45) is 16.6 Å². The average molecular weight is 306 g/mol. The smallest absolute Gasteiger partial charge is 0.188 e. The molecule has 1 unspecified atom stereocenters. The van der Waals surface area contributed by atoms with Crippen LogP contribution >= 0.6 is 11.3 Å². The molecule has 1 aromatic rings. The van der Waals surface area contributed by atoms with Crippen molar-refractivity contribution in [3.8, 4) is 0 Å². The Labute approximate surface area is 131 Å². The molecule has 0 radical (unpaired) electrons. The van der Waals surface area contributed by atoms with Crippen LogP contribution in [0.2, 0.25) is 0 Å². The summed E-state index contributed by atoms with van der Waals surface area (Å²) >= 11 is 1.83. The van der Waals surface area contributed by atoms with E-state index in [9.17, 15) is 0 Å². The van der Waals surface area contributed by atoms with E-state index >= 15 is 0 Å². The van der Waals surface area contributed by atoms with Gasteiger partial charge in [0.05, 0.1) is 12.6 Å². The molecule has 3 N–H and O–H groups in total. The van der Waals surface area contributed by atoms with E-state index in [1.807, 2.05) is 11.3 Å². The molecule has 3 rings (SSSR count). The van der Waals surface area contributed by atoms with Gasteiger partial charge in [0.15, 0.2) is 5.96 Å². The Balaban J connectivity index is 1.64. The minimum Gasteiger partial charge on any atom is -0.370 e. The topological polar surface area (TPSA) is 53.6 Å². The zero-order chi connectivity index (χ0) is 14.7. The van der Waals surface area contributed by atoms with Crippen LogP contribution in [0, 0.1) is 5.92 Å². The van der Waals surface area contributed by atoms with Gasteiger partial charge in [-0.25, -0.2) is 0 Å². The summed E-state index contributed by atoms with van der Waals surface area (Å²) in [5.41, 5.74) is 5.99. The summed E-state index contributed by atoms with van der Waals surface area (Å²) in [6, 6.07) is 5.32. The van der Waals surface area contributed by atoms with Crippen LogP contribution in [0.25, 0.3) is 0 Å². The lowest BCUT2D eigenvalue weighted by Crippen LogP contribution is -2.38. The summed E-state index contributed by atoms with van der Waals surface area (Å²) in [6.07, 6.45) is 5.05. The first-order valence-electron chi connectivity index (χ1n) is 8.06. The molecule has 1 saturated heterocycles. The van der Waals surface area contributed by atoms with Gasteiger partial charge >= 0.3 is 0 Å². The van der Waals surface area contributed by atoms with Crippen LogP contribution in [0.1, 0.15) is 43.5 Å². The summed E-state index contributed by atoms with van der Waals surface area (Å²) in [4.78, 5) is 8.60.